The highest BCUT2D eigenvalue weighted by atomic mass is 16.5. The highest BCUT2D eigenvalue weighted by Crippen LogP contribution is 2.52. The van der Waals surface area contributed by atoms with Crippen molar-refractivity contribution in [2.24, 2.45) is 17.3 Å². The lowest BCUT2D eigenvalue weighted by atomic mass is 9.76. The van der Waals surface area contributed by atoms with Crippen molar-refractivity contribution in [1.29, 1.82) is 0 Å². The van der Waals surface area contributed by atoms with E-state index < -0.39 is 0 Å². The maximum Gasteiger partial charge on any atom is 0.229 e. The van der Waals surface area contributed by atoms with Crippen LogP contribution in [0.1, 0.15) is 19.8 Å². The van der Waals surface area contributed by atoms with Crippen LogP contribution in [0.3, 0.4) is 0 Å². The molecule has 1 aliphatic heterocycles. The molecule has 1 amide bonds. The number of morpholine rings is 1. The highest BCUT2D eigenvalue weighted by Gasteiger charge is 2.51. The van der Waals surface area contributed by atoms with E-state index in [0.717, 1.165) is 19.5 Å². The van der Waals surface area contributed by atoms with Crippen LogP contribution >= 0.6 is 0 Å². The smallest absolute Gasteiger partial charge is 0.229 e. The molecule has 3 rings (SSSR count). The van der Waals surface area contributed by atoms with E-state index in [1.807, 2.05) is 4.90 Å². The predicted molar refractivity (Wildman–Crippen MR) is 60.9 cm³/mol. The fourth-order valence-electron chi connectivity index (χ4n) is 3.47. The number of carbonyl (C=O) groups excluding carboxylic acids is 1. The van der Waals surface area contributed by atoms with Crippen LogP contribution < -0.4 is 0 Å². The molecule has 3 heteroatoms. The first-order valence-electron chi connectivity index (χ1n) is 6.25. The minimum Gasteiger partial charge on any atom is -0.378 e. The lowest BCUT2D eigenvalue weighted by Crippen LogP contribution is -2.49. The molecular formula is C13H19NO2. The largest absolute Gasteiger partial charge is 0.378 e. The van der Waals surface area contributed by atoms with Gasteiger partial charge in [0.05, 0.1) is 18.6 Å². The van der Waals surface area contributed by atoms with Gasteiger partial charge in [-0.1, -0.05) is 19.1 Å². The molecular weight excluding hydrogens is 202 g/mol. The van der Waals surface area contributed by atoms with Gasteiger partial charge in [0, 0.05) is 13.1 Å². The molecule has 2 bridgehead atoms. The maximum absolute atomic E-state index is 12.5. The Morgan fingerprint density at radius 2 is 2.12 bits per heavy atom. The lowest BCUT2D eigenvalue weighted by molar-refractivity contribution is -0.146. The molecule has 3 unspecified atom stereocenters. The van der Waals surface area contributed by atoms with Gasteiger partial charge in [0.15, 0.2) is 0 Å². The molecule has 0 aromatic heterocycles. The van der Waals surface area contributed by atoms with Gasteiger partial charge in [-0.3, -0.25) is 4.79 Å². The van der Waals surface area contributed by atoms with Crippen molar-refractivity contribution >= 4 is 5.91 Å². The number of hydrogen-bond acceptors (Lipinski definition) is 2. The van der Waals surface area contributed by atoms with Gasteiger partial charge in [-0.15, -0.1) is 0 Å². The quantitative estimate of drug-likeness (QED) is 0.627. The maximum atomic E-state index is 12.5. The van der Waals surface area contributed by atoms with Gasteiger partial charge in [0.25, 0.3) is 0 Å². The monoisotopic (exact) mass is 221 g/mol. The Bertz CT molecular complexity index is 333. The van der Waals surface area contributed by atoms with Crippen molar-refractivity contribution in [2.75, 3.05) is 26.3 Å². The molecule has 3 aliphatic rings. The number of ether oxygens (including phenoxy) is 1. The second kappa shape index (κ2) is 3.59. The lowest BCUT2D eigenvalue weighted by Gasteiger charge is -2.37. The van der Waals surface area contributed by atoms with Crippen LogP contribution in [0.4, 0.5) is 0 Å². The minimum absolute atomic E-state index is 0.128. The van der Waals surface area contributed by atoms with Gasteiger partial charge in [-0.05, 0) is 24.7 Å². The van der Waals surface area contributed by atoms with Crippen LogP contribution in [0.25, 0.3) is 0 Å². The van der Waals surface area contributed by atoms with E-state index in [4.69, 9.17) is 4.74 Å². The van der Waals surface area contributed by atoms with Crippen LogP contribution in [-0.4, -0.2) is 37.1 Å². The number of allylic oxidation sites excluding steroid dienone is 2. The van der Waals surface area contributed by atoms with Gasteiger partial charge in [-0.25, -0.2) is 0 Å². The molecule has 0 N–H and O–H groups in total. The molecule has 3 nitrogen and oxygen atoms in total. The van der Waals surface area contributed by atoms with Crippen molar-refractivity contribution in [1.82, 2.24) is 4.90 Å². The highest BCUT2D eigenvalue weighted by molar-refractivity contribution is 5.84. The molecule has 0 aromatic carbocycles. The third-order valence-corrected chi connectivity index (χ3v) is 4.46. The SMILES string of the molecule is CC1(C(=O)N2CCOCC2)CC2C=CC1C2. The third kappa shape index (κ3) is 1.41. The Morgan fingerprint density at radius 1 is 1.38 bits per heavy atom. The second-order valence-electron chi connectivity index (χ2n) is 5.51. The van der Waals surface area contributed by atoms with Gasteiger partial charge in [0.2, 0.25) is 5.91 Å². The summed E-state index contributed by atoms with van der Waals surface area (Å²) in [5.74, 6) is 1.49. The standard InChI is InChI=1S/C13H19NO2/c1-13(9-10-2-3-11(13)8-10)12(15)14-4-6-16-7-5-14/h2-3,10-11H,4-9H2,1H3. The number of fused-ring (bicyclic) bond motifs is 2. The zero-order valence-corrected chi connectivity index (χ0v) is 9.82. The van der Waals surface area contributed by atoms with Gasteiger partial charge >= 0.3 is 0 Å². The Labute approximate surface area is 96.4 Å². The summed E-state index contributed by atoms with van der Waals surface area (Å²) in [7, 11) is 0. The molecule has 3 atom stereocenters. The summed E-state index contributed by atoms with van der Waals surface area (Å²) in [6, 6.07) is 0. The zero-order valence-electron chi connectivity index (χ0n) is 9.82. The number of rotatable bonds is 1. The Morgan fingerprint density at radius 3 is 2.69 bits per heavy atom. The fraction of sp³-hybridized carbons (Fsp3) is 0.769. The molecule has 2 aliphatic carbocycles. The van der Waals surface area contributed by atoms with E-state index in [0.29, 0.717) is 31.0 Å². The number of hydrogen-bond donors (Lipinski definition) is 0. The van der Waals surface area contributed by atoms with Gasteiger partial charge in [0.1, 0.15) is 0 Å². The average molecular weight is 221 g/mol. The molecule has 16 heavy (non-hydrogen) atoms. The molecule has 88 valence electrons. The second-order valence-corrected chi connectivity index (χ2v) is 5.51. The molecule has 1 heterocycles. The summed E-state index contributed by atoms with van der Waals surface area (Å²) in [5, 5.41) is 0. The van der Waals surface area contributed by atoms with Crippen LogP contribution in [0.5, 0.6) is 0 Å². The van der Waals surface area contributed by atoms with Crippen LogP contribution in [0, 0.1) is 17.3 Å². The van der Waals surface area contributed by atoms with Crippen molar-refractivity contribution in [3.63, 3.8) is 0 Å². The topological polar surface area (TPSA) is 29.5 Å². The van der Waals surface area contributed by atoms with E-state index in [1.165, 1.54) is 6.42 Å². The summed E-state index contributed by atoms with van der Waals surface area (Å²) < 4.78 is 5.30. The fourth-order valence-corrected chi connectivity index (χ4v) is 3.47. The van der Waals surface area contributed by atoms with Gasteiger partial charge < -0.3 is 9.64 Å². The third-order valence-electron chi connectivity index (χ3n) is 4.46. The summed E-state index contributed by atoms with van der Waals surface area (Å²) in [4.78, 5) is 14.5. The van der Waals surface area contributed by atoms with Crippen molar-refractivity contribution in [3.8, 4) is 0 Å². The normalized spacial score (nSPS) is 41.7. The van der Waals surface area contributed by atoms with Crippen LogP contribution in [0.15, 0.2) is 12.2 Å². The minimum atomic E-state index is -0.128. The van der Waals surface area contributed by atoms with Crippen molar-refractivity contribution in [3.05, 3.63) is 12.2 Å². The first-order chi connectivity index (χ1) is 7.70. The molecule has 0 radical (unpaired) electrons. The first-order valence-corrected chi connectivity index (χ1v) is 6.25. The number of amides is 1. The van der Waals surface area contributed by atoms with Crippen LogP contribution in [-0.2, 0) is 9.53 Å². The molecule has 0 spiro atoms. The zero-order chi connectivity index (χ0) is 11.2. The molecule has 2 fully saturated rings. The van der Waals surface area contributed by atoms with E-state index in [-0.39, 0.29) is 5.41 Å². The van der Waals surface area contributed by atoms with Crippen molar-refractivity contribution in [2.45, 2.75) is 19.8 Å². The van der Waals surface area contributed by atoms with E-state index in [2.05, 4.69) is 19.1 Å². The first kappa shape index (κ1) is 10.3. The number of nitrogens with zero attached hydrogens (tertiary/aromatic N) is 1. The van der Waals surface area contributed by atoms with E-state index in [9.17, 15) is 4.79 Å². The Hall–Kier alpha value is -0.830. The van der Waals surface area contributed by atoms with E-state index >= 15 is 0 Å². The van der Waals surface area contributed by atoms with Crippen molar-refractivity contribution < 1.29 is 9.53 Å². The summed E-state index contributed by atoms with van der Waals surface area (Å²) in [5.41, 5.74) is -0.128. The Balaban J connectivity index is 1.76. The van der Waals surface area contributed by atoms with Gasteiger partial charge in [-0.2, -0.15) is 0 Å². The average Bonchev–Trinajstić information content (AvgIpc) is 2.89. The molecule has 1 saturated carbocycles. The predicted octanol–water partition coefficient (Wildman–Crippen LogP) is 1.45. The number of carbonyl (C=O) groups is 1. The van der Waals surface area contributed by atoms with Crippen LogP contribution in [0.2, 0.25) is 0 Å². The van der Waals surface area contributed by atoms with E-state index in [1.54, 1.807) is 0 Å². The summed E-state index contributed by atoms with van der Waals surface area (Å²) in [6.07, 6.45) is 6.78. The Kier molecular flexibility index (Phi) is 2.32. The molecule has 0 aromatic rings. The molecule has 1 saturated heterocycles. The summed E-state index contributed by atoms with van der Waals surface area (Å²) >= 11 is 0. The summed E-state index contributed by atoms with van der Waals surface area (Å²) in [6.45, 7) is 5.10.